The average molecular weight is 281 g/mol. The normalized spacial score (nSPS) is 23.4. The highest BCUT2D eigenvalue weighted by atomic mass is 35.5. The zero-order valence-electron chi connectivity index (χ0n) is 10.4. The molecule has 0 aliphatic heterocycles. The molecule has 1 fully saturated rings. The summed E-state index contributed by atoms with van der Waals surface area (Å²) >= 11 is 7.92. The molecule has 2 rings (SSSR count). The standard InChI is InChI=1S/C14H17ClN2S/c1-18-14-5-3-2-4-12(14)17-13-8-11(15)7-6-10(13)9-16/h6-8,12,14,17H,2-5H2,1H3. The molecule has 0 aromatic heterocycles. The van der Waals surface area contributed by atoms with Crippen molar-refractivity contribution in [1.82, 2.24) is 0 Å². The quantitative estimate of drug-likeness (QED) is 0.897. The van der Waals surface area contributed by atoms with E-state index in [9.17, 15) is 0 Å². The third-order valence-corrected chi connectivity index (χ3v) is 4.85. The zero-order chi connectivity index (χ0) is 13.0. The molecule has 1 saturated carbocycles. The van der Waals surface area contributed by atoms with E-state index in [1.54, 1.807) is 12.1 Å². The van der Waals surface area contributed by atoms with E-state index >= 15 is 0 Å². The van der Waals surface area contributed by atoms with Crippen LogP contribution in [0.3, 0.4) is 0 Å². The minimum Gasteiger partial charge on any atom is -0.380 e. The molecule has 0 radical (unpaired) electrons. The van der Waals surface area contributed by atoms with Crippen molar-refractivity contribution in [1.29, 1.82) is 5.26 Å². The Kier molecular flexibility index (Phi) is 4.79. The molecule has 18 heavy (non-hydrogen) atoms. The monoisotopic (exact) mass is 280 g/mol. The van der Waals surface area contributed by atoms with Gasteiger partial charge in [0.25, 0.3) is 0 Å². The maximum Gasteiger partial charge on any atom is 0.101 e. The van der Waals surface area contributed by atoms with Crippen LogP contribution in [0.25, 0.3) is 0 Å². The molecule has 2 nitrogen and oxygen atoms in total. The summed E-state index contributed by atoms with van der Waals surface area (Å²) < 4.78 is 0. The van der Waals surface area contributed by atoms with Gasteiger partial charge in [-0.05, 0) is 37.3 Å². The third kappa shape index (κ3) is 3.13. The first-order valence-corrected chi connectivity index (χ1v) is 7.90. The number of thioether (sulfide) groups is 1. The molecule has 2 atom stereocenters. The smallest absolute Gasteiger partial charge is 0.101 e. The number of anilines is 1. The third-order valence-electron chi connectivity index (χ3n) is 3.45. The summed E-state index contributed by atoms with van der Waals surface area (Å²) in [5.74, 6) is 0. The second-order valence-electron chi connectivity index (χ2n) is 4.61. The van der Waals surface area contributed by atoms with Gasteiger partial charge >= 0.3 is 0 Å². The summed E-state index contributed by atoms with van der Waals surface area (Å²) in [6.07, 6.45) is 7.15. The minimum atomic E-state index is 0.444. The minimum absolute atomic E-state index is 0.444. The van der Waals surface area contributed by atoms with Crippen molar-refractivity contribution in [3.8, 4) is 6.07 Å². The van der Waals surface area contributed by atoms with Crippen molar-refractivity contribution in [2.75, 3.05) is 11.6 Å². The first kappa shape index (κ1) is 13.6. The van der Waals surface area contributed by atoms with Gasteiger partial charge in [0.05, 0.1) is 11.3 Å². The SMILES string of the molecule is CSC1CCCCC1Nc1cc(Cl)ccc1C#N. The number of benzene rings is 1. The zero-order valence-corrected chi connectivity index (χ0v) is 12.0. The lowest BCUT2D eigenvalue weighted by molar-refractivity contribution is 0.475. The van der Waals surface area contributed by atoms with Crippen LogP contribution in [-0.4, -0.2) is 17.5 Å². The summed E-state index contributed by atoms with van der Waals surface area (Å²) in [5.41, 5.74) is 1.54. The summed E-state index contributed by atoms with van der Waals surface area (Å²) in [4.78, 5) is 0. The molecule has 1 N–H and O–H groups in total. The Bertz CT molecular complexity index is 456. The van der Waals surface area contributed by atoms with E-state index in [1.807, 2.05) is 17.8 Å². The van der Waals surface area contributed by atoms with E-state index in [1.165, 1.54) is 25.7 Å². The maximum atomic E-state index is 9.12. The molecular formula is C14H17ClN2S. The Hall–Kier alpha value is -0.850. The van der Waals surface area contributed by atoms with E-state index in [0.717, 1.165) is 5.69 Å². The van der Waals surface area contributed by atoms with E-state index in [0.29, 0.717) is 21.9 Å². The van der Waals surface area contributed by atoms with Crippen LogP contribution >= 0.6 is 23.4 Å². The fourth-order valence-corrected chi connectivity index (χ4v) is 3.58. The van der Waals surface area contributed by atoms with E-state index < -0.39 is 0 Å². The van der Waals surface area contributed by atoms with E-state index in [4.69, 9.17) is 16.9 Å². The number of halogens is 1. The Morgan fingerprint density at radius 2 is 2.17 bits per heavy atom. The number of nitrogens with zero attached hydrogens (tertiary/aromatic N) is 1. The first-order chi connectivity index (χ1) is 8.74. The summed E-state index contributed by atoms with van der Waals surface area (Å²) in [5, 5.41) is 13.9. The van der Waals surface area contributed by atoms with Crippen molar-refractivity contribution in [2.24, 2.45) is 0 Å². The molecule has 0 bridgehead atoms. The molecule has 2 unspecified atom stereocenters. The van der Waals surface area contributed by atoms with Crippen LogP contribution < -0.4 is 5.32 Å². The molecular weight excluding hydrogens is 264 g/mol. The van der Waals surface area contributed by atoms with Gasteiger partial charge in [-0.1, -0.05) is 24.4 Å². The molecule has 96 valence electrons. The number of rotatable bonds is 3. The molecule has 1 aromatic rings. The van der Waals surface area contributed by atoms with E-state index in [2.05, 4.69) is 17.6 Å². The van der Waals surface area contributed by atoms with Gasteiger partial charge in [-0.15, -0.1) is 0 Å². The van der Waals surface area contributed by atoms with Gasteiger partial charge in [-0.3, -0.25) is 0 Å². The lowest BCUT2D eigenvalue weighted by Gasteiger charge is -2.32. The van der Waals surface area contributed by atoms with Crippen LogP contribution in [0.15, 0.2) is 18.2 Å². The number of hydrogen-bond donors (Lipinski definition) is 1. The van der Waals surface area contributed by atoms with Crippen LogP contribution in [0.4, 0.5) is 5.69 Å². The van der Waals surface area contributed by atoms with Crippen LogP contribution in [-0.2, 0) is 0 Å². The predicted octanol–water partition coefficient (Wildman–Crippen LogP) is 4.30. The van der Waals surface area contributed by atoms with Crippen LogP contribution in [0.5, 0.6) is 0 Å². The van der Waals surface area contributed by atoms with Gasteiger partial charge in [-0.25, -0.2) is 0 Å². The topological polar surface area (TPSA) is 35.8 Å². The van der Waals surface area contributed by atoms with Crippen LogP contribution in [0.1, 0.15) is 31.2 Å². The van der Waals surface area contributed by atoms with E-state index in [-0.39, 0.29) is 0 Å². The highest BCUT2D eigenvalue weighted by Crippen LogP contribution is 2.31. The van der Waals surface area contributed by atoms with Gasteiger partial charge in [0.2, 0.25) is 0 Å². The highest BCUT2D eigenvalue weighted by Gasteiger charge is 2.24. The summed E-state index contributed by atoms with van der Waals surface area (Å²) in [6, 6.07) is 8.06. The molecule has 0 saturated heterocycles. The fourth-order valence-electron chi connectivity index (χ4n) is 2.48. The van der Waals surface area contributed by atoms with Crippen LogP contribution in [0, 0.1) is 11.3 Å². The first-order valence-electron chi connectivity index (χ1n) is 6.23. The summed E-state index contributed by atoms with van der Waals surface area (Å²) in [6.45, 7) is 0. The van der Waals surface area contributed by atoms with Crippen LogP contribution in [0.2, 0.25) is 5.02 Å². The second-order valence-corrected chi connectivity index (χ2v) is 6.12. The Balaban J connectivity index is 2.17. The van der Waals surface area contributed by atoms with Gasteiger partial charge in [0.15, 0.2) is 0 Å². The Morgan fingerprint density at radius 1 is 1.39 bits per heavy atom. The van der Waals surface area contributed by atoms with Crippen molar-refractivity contribution in [3.05, 3.63) is 28.8 Å². The molecule has 0 amide bonds. The Labute approximate surface area is 118 Å². The van der Waals surface area contributed by atoms with Crippen molar-refractivity contribution in [3.63, 3.8) is 0 Å². The van der Waals surface area contributed by atoms with Crippen molar-refractivity contribution < 1.29 is 0 Å². The number of nitrogens with one attached hydrogen (secondary N) is 1. The fraction of sp³-hybridized carbons (Fsp3) is 0.500. The molecule has 0 heterocycles. The van der Waals surface area contributed by atoms with Gasteiger partial charge in [0, 0.05) is 16.3 Å². The highest BCUT2D eigenvalue weighted by molar-refractivity contribution is 7.99. The molecule has 0 spiro atoms. The van der Waals surface area contributed by atoms with Gasteiger partial charge in [-0.2, -0.15) is 17.0 Å². The van der Waals surface area contributed by atoms with Gasteiger partial charge < -0.3 is 5.32 Å². The Morgan fingerprint density at radius 3 is 2.89 bits per heavy atom. The second kappa shape index (κ2) is 6.36. The van der Waals surface area contributed by atoms with Crippen molar-refractivity contribution in [2.45, 2.75) is 37.0 Å². The van der Waals surface area contributed by atoms with Crippen molar-refractivity contribution >= 4 is 29.1 Å². The maximum absolute atomic E-state index is 9.12. The molecule has 1 aromatic carbocycles. The number of nitriles is 1. The molecule has 1 aliphatic rings. The number of hydrogen-bond acceptors (Lipinski definition) is 3. The molecule has 4 heteroatoms. The van der Waals surface area contributed by atoms with Gasteiger partial charge in [0.1, 0.15) is 6.07 Å². The largest absolute Gasteiger partial charge is 0.380 e. The lowest BCUT2D eigenvalue weighted by Crippen LogP contribution is -2.34. The molecule has 1 aliphatic carbocycles. The average Bonchev–Trinajstić information content (AvgIpc) is 2.40. The predicted molar refractivity (Wildman–Crippen MR) is 79.3 cm³/mol. The summed E-state index contributed by atoms with van der Waals surface area (Å²) in [7, 11) is 0. The lowest BCUT2D eigenvalue weighted by atomic mass is 9.94.